The molecule has 1 aliphatic carbocycles. The highest BCUT2D eigenvalue weighted by Gasteiger charge is 2.42. The molecular weight excluding hydrogens is 244 g/mol. The van der Waals surface area contributed by atoms with E-state index in [0.29, 0.717) is 25.9 Å². The van der Waals surface area contributed by atoms with Gasteiger partial charge in [0.25, 0.3) is 0 Å². The Labute approximate surface area is 114 Å². The van der Waals surface area contributed by atoms with Gasteiger partial charge in [-0.15, -0.1) is 0 Å². The van der Waals surface area contributed by atoms with Crippen LogP contribution in [0.5, 0.6) is 0 Å². The van der Waals surface area contributed by atoms with Crippen LogP contribution in [0, 0.1) is 35.0 Å². The predicted octanol–water partition coefficient (Wildman–Crippen LogP) is 1.74. The summed E-state index contributed by atoms with van der Waals surface area (Å²) in [5, 5.41) is 18.0. The minimum absolute atomic E-state index is 0.110. The van der Waals surface area contributed by atoms with Crippen LogP contribution in [0.3, 0.4) is 0 Å². The number of carbonyl (C=O) groups excluding carboxylic acids is 1. The molecule has 0 heterocycles. The predicted molar refractivity (Wildman–Crippen MR) is 70.0 cm³/mol. The third-order valence-electron chi connectivity index (χ3n) is 3.84. The normalized spacial score (nSPS) is 27.6. The van der Waals surface area contributed by atoms with Crippen molar-refractivity contribution in [1.82, 2.24) is 4.90 Å². The van der Waals surface area contributed by atoms with Crippen LogP contribution in [0.25, 0.3) is 0 Å². The van der Waals surface area contributed by atoms with Crippen molar-refractivity contribution in [3.05, 3.63) is 0 Å². The van der Waals surface area contributed by atoms with E-state index in [-0.39, 0.29) is 17.7 Å². The number of amides is 1. The Morgan fingerprint density at radius 1 is 1.42 bits per heavy atom. The first-order valence-corrected chi connectivity index (χ1v) is 6.81. The number of aliphatic carboxylic acids is 1. The smallest absolute Gasteiger partial charge is 0.307 e. The lowest BCUT2D eigenvalue weighted by Gasteiger charge is -2.27. The number of rotatable bonds is 5. The van der Waals surface area contributed by atoms with E-state index in [2.05, 4.69) is 6.07 Å². The number of nitrogens with zero attached hydrogens (tertiary/aromatic N) is 2. The lowest BCUT2D eigenvalue weighted by Crippen LogP contribution is -2.41. The lowest BCUT2D eigenvalue weighted by molar-refractivity contribution is -0.149. The molecule has 106 valence electrons. The van der Waals surface area contributed by atoms with Crippen molar-refractivity contribution in [3.63, 3.8) is 0 Å². The van der Waals surface area contributed by atoms with Crippen LogP contribution in [0.15, 0.2) is 0 Å². The van der Waals surface area contributed by atoms with Crippen molar-refractivity contribution < 1.29 is 14.7 Å². The van der Waals surface area contributed by atoms with Crippen molar-refractivity contribution >= 4 is 11.9 Å². The monoisotopic (exact) mass is 266 g/mol. The summed E-state index contributed by atoms with van der Waals surface area (Å²) in [5.74, 6) is -1.96. The van der Waals surface area contributed by atoms with Gasteiger partial charge in [-0.05, 0) is 32.6 Å². The number of carboxylic acid groups (broad SMARTS) is 1. The fourth-order valence-electron chi connectivity index (χ4n) is 2.82. The highest BCUT2D eigenvalue weighted by molar-refractivity contribution is 5.85. The average Bonchev–Trinajstić information content (AvgIpc) is 2.77. The Bertz CT molecular complexity index is 389. The fourth-order valence-corrected chi connectivity index (χ4v) is 2.82. The third kappa shape index (κ3) is 3.69. The Morgan fingerprint density at radius 3 is 2.47 bits per heavy atom. The second-order valence-corrected chi connectivity index (χ2v) is 5.53. The van der Waals surface area contributed by atoms with E-state index >= 15 is 0 Å². The van der Waals surface area contributed by atoms with Crippen LogP contribution in [-0.4, -0.2) is 35.0 Å². The highest BCUT2D eigenvalue weighted by atomic mass is 16.4. The van der Waals surface area contributed by atoms with Gasteiger partial charge in [0.1, 0.15) is 0 Å². The van der Waals surface area contributed by atoms with Crippen molar-refractivity contribution in [2.45, 2.75) is 33.6 Å². The summed E-state index contributed by atoms with van der Waals surface area (Å²) in [6.07, 6.45) is 1.20. The van der Waals surface area contributed by atoms with Crippen LogP contribution < -0.4 is 0 Å². The molecule has 0 aromatic rings. The Morgan fingerprint density at radius 2 is 2.00 bits per heavy atom. The molecule has 1 amide bonds. The third-order valence-corrected chi connectivity index (χ3v) is 3.84. The maximum atomic E-state index is 12.4. The summed E-state index contributed by atoms with van der Waals surface area (Å²) in [4.78, 5) is 25.3. The molecule has 4 unspecified atom stereocenters. The van der Waals surface area contributed by atoms with Gasteiger partial charge in [-0.3, -0.25) is 9.59 Å². The molecule has 1 N–H and O–H groups in total. The van der Waals surface area contributed by atoms with Crippen LogP contribution in [-0.2, 0) is 9.59 Å². The SMILES string of the molecule is CCN(CC(C)C#N)C(=O)C1CC(C)CC1C(=O)O. The molecule has 0 saturated heterocycles. The molecule has 0 aromatic heterocycles. The van der Waals surface area contributed by atoms with Gasteiger partial charge < -0.3 is 10.0 Å². The number of hydrogen-bond acceptors (Lipinski definition) is 3. The quantitative estimate of drug-likeness (QED) is 0.821. The standard InChI is InChI=1S/C14H22N2O3/c1-4-16(8-10(3)7-15)13(17)11-5-9(2)6-12(11)14(18)19/h9-12H,4-6,8H2,1-3H3,(H,18,19). The van der Waals surface area contributed by atoms with E-state index in [9.17, 15) is 14.7 Å². The number of hydrogen-bond donors (Lipinski definition) is 1. The summed E-state index contributed by atoms with van der Waals surface area (Å²) in [6, 6.07) is 2.11. The zero-order valence-corrected chi connectivity index (χ0v) is 11.8. The van der Waals surface area contributed by atoms with Crippen molar-refractivity contribution in [3.8, 4) is 6.07 Å². The van der Waals surface area contributed by atoms with Gasteiger partial charge in [0.15, 0.2) is 0 Å². The van der Waals surface area contributed by atoms with E-state index in [1.165, 1.54) is 0 Å². The van der Waals surface area contributed by atoms with E-state index in [1.54, 1.807) is 11.8 Å². The highest BCUT2D eigenvalue weighted by Crippen LogP contribution is 2.37. The van der Waals surface area contributed by atoms with Crippen molar-refractivity contribution in [2.24, 2.45) is 23.7 Å². The van der Waals surface area contributed by atoms with Crippen LogP contribution in [0.4, 0.5) is 0 Å². The molecule has 1 aliphatic rings. The van der Waals surface area contributed by atoms with E-state index in [1.807, 2.05) is 13.8 Å². The van der Waals surface area contributed by atoms with Gasteiger partial charge in [-0.25, -0.2) is 0 Å². The molecule has 5 nitrogen and oxygen atoms in total. The Kier molecular flexibility index (Phi) is 5.34. The first-order valence-electron chi connectivity index (χ1n) is 6.81. The summed E-state index contributed by atoms with van der Waals surface area (Å²) in [7, 11) is 0. The van der Waals surface area contributed by atoms with E-state index in [0.717, 1.165) is 0 Å². The van der Waals surface area contributed by atoms with Crippen molar-refractivity contribution in [2.75, 3.05) is 13.1 Å². The van der Waals surface area contributed by atoms with Crippen LogP contribution >= 0.6 is 0 Å². The fraction of sp³-hybridized carbons (Fsp3) is 0.786. The number of nitriles is 1. The molecule has 1 fully saturated rings. The van der Waals surface area contributed by atoms with Gasteiger partial charge in [0.2, 0.25) is 5.91 Å². The topological polar surface area (TPSA) is 81.4 Å². The lowest BCUT2D eigenvalue weighted by atomic mass is 9.94. The maximum Gasteiger partial charge on any atom is 0.307 e. The molecule has 0 radical (unpaired) electrons. The molecular formula is C14H22N2O3. The Hall–Kier alpha value is -1.57. The molecule has 4 atom stereocenters. The van der Waals surface area contributed by atoms with Gasteiger partial charge in [0.05, 0.1) is 23.8 Å². The average molecular weight is 266 g/mol. The first-order chi connectivity index (χ1) is 8.90. The van der Waals surface area contributed by atoms with Gasteiger partial charge in [-0.1, -0.05) is 6.92 Å². The molecule has 5 heteroatoms. The van der Waals surface area contributed by atoms with Crippen LogP contribution in [0.1, 0.15) is 33.6 Å². The van der Waals surface area contributed by atoms with Gasteiger partial charge in [0, 0.05) is 13.1 Å². The first kappa shape index (κ1) is 15.5. The van der Waals surface area contributed by atoms with Crippen LogP contribution in [0.2, 0.25) is 0 Å². The molecule has 1 rings (SSSR count). The summed E-state index contributed by atoms with van der Waals surface area (Å²) >= 11 is 0. The molecule has 0 aliphatic heterocycles. The maximum absolute atomic E-state index is 12.4. The van der Waals surface area contributed by atoms with E-state index in [4.69, 9.17) is 5.26 Å². The molecule has 0 bridgehead atoms. The molecule has 1 saturated carbocycles. The minimum Gasteiger partial charge on any atom is -0.481 e. The second kappa shape index (κ2) is 6.55. The Balaban J connectivity index is 2.79. The molecule has 0 spiro atoms. The zero-order chi connectivity index (χ0) is 14.6. The number of carbonyl (C=O) groups is 2. The summed E-state index contributed by atoms with van der Waals surface area (Å²) in [6.45, 7) is 6.50. The molecule has 19 heavy (non-hydrogen) atoms. The van der Waals surface area contributed by atoms with Crippen molar-refractivity contribution in [1.29, 1.82) is 5.26 Å². The van der Waals surface area contributed by atoms with Gasteiger partial charge >= 0.3 is 5.97 Å². The van der Waals surface area contributed by atoms with Gasteiger partial charge in [-0.2, -0.15) is 5.26 Å². The molecule has 0 aromatic carbocycles. The largest absolute Gasteiger partial charge is 0.481 e. The number of carboxylic acids is 1. The summed E-state index contributed by atoms with van der Waals surface area (Å²) < 4.78 is 0. The minimum atomic E-state index is -0.882. The second-order valence-electron chi connectivity index (χ2n) is 5.53. The zero-order valence-electron chi connectivity index (χ0n) is 11.8. The summed E-state index contributed by atoms with van der Waals surface area (Å²) in [5.41, 5.74) is 0. The van der Waals surface area contributed by atoms with E-state index < -0.39 is 17.8 Å².